The number of carboxylic acids is 2. The Bertz CT molecular complexity index is 2020. The van der Waals surface area contributed by atoms with Gasteiger partial charge in [0.2, 0.25) is 5.91 Å². The fourth-order valence-corrected chi connectivity index (χ4v) is 8.76. The van der Waals surface area contributed by atoms with Crippen molar-refractivity contribution in [1.82, 2.24) is 9.80 Å². The predicted octanol–water partition coefficient (Wildman–Crippen LogP) is 9.10. The van der Waals surface area contributed by atoms with Gasteiger partial charge in [-0.15, -0.1) is 11.3 Å². The zero-order valence-electron chi connectivity index (χ0n) is 33.8. The Balaban J connectivity index is 1.27. The van der Waals surface area contributed by atoms with E-state index >= 15 is 0 Å². The lowest BCUT2D eigenvalue weighted by Gasteiger charge is -2.32. The van der Waals surface area contributed by atoms with E-state index in [1.165, 1.54) is 17.8 Å². The molecule has 4 aromatic rings. The monoisotopic (exact) mass is 808 g/mol. The molecule has 11 nitrogen and oxygen atoms in total. The SMILES string of the molecule is CCC(CC)N(CCN(C)C(=O)CCC(=O)O)Cc1cccc(C(=O)Nc2sc(C3CCCCC3)cc2C(=O)Nc2ccc(CCc3ccc(C(=O)O)cc3)cc2)c1. The second kappa shape index (κ2) is 21.4. The molecule has 0 spiro atoms. The number of amides is 3. The number of anilines is 2. The van der Waals surface area contributed by atoms with Gasteiger partial charge < -0.3 is 25.7 Å². The summed E-state index contributed by atoms with van der Waals surface area (Å²) >= 11 is 1.48. The highest BCUT2D eigenvalue weighted by Crippen LogP contribution is 2.40. The van der Waals surface area contributed by atoms with Gasteiger partial charge in [-0.1, -0.05) is 69.5 Å². The maximum absolute atomic E-state index is 13.9. The topological polar surface area (TPSA) is 156 Å². The first-order valence-corrected chi connectivity index (χ1v) is 21.2. The van der Waals surface area contributed by atoms with E-state index in [1.807, 2.05) is 60.7 Å². The van der Waals surface area contributed by atoms with Crippen LogP contribution in [-0.4, -0.2) is 75.9 Å². The number of rotatable bonds is 20. The highest BCUT2D eigenvalue weighted by Gasteiger charge is 2.25. The minimum absolute atomic E-state index is 0.0339. The van der Waals surface area contributed by atoms with Crippen LogP contribution in [0.25, 0.3) is 0 Å². The van der Waals surface area contributed by atoms with Gasteiger partial charge >= 0.3 is 11.9 Å². The highest BCUT2D eigenvalue weighted by molar-refractivity contribution is 7.16. The fourth-order valence-electron chi connectivity index (χ4n) is 7.54. The van der Waals surface area contributed by atoms with Crippen molar-refractivity contribution in [2.24, 2.45) is 0 Å². The fraction of sp³-hybridized carbons (Fsp3) is 0.413. The lowest BCUT2D eigenvalue weighted by molar-refractivity contribution is -0.140. The summed E-state index contributed by atoms with van der Waals surface area (Å²) in [5.74, 6) is -2.38. The number of aromatic carboxylic acids is 1. The number of hydrogen-bond acceptors (Lipinski definition) is 7. The Morgan fingerprint density at radius 3 is 2.02 bits per heavy atom. The smallest absolute Gasteiger partial charge is 0.335 e. The summed E-state index contributed by atoms with van der Waals surface area (Å²) in [6.07, 6.45) is 8.72. The van der Waals surface area contributed by atoms with Crippen LogP contribution in [0.15, 0.2) is 78.9 Å². The van der Waals surface area contributed by atoms with Crippen molar-refractivity contribution in [3.05, 3.63) is 117 Å². The first-order chi connectivity index (χ1) is 27.9. The van der Waals surface area contributed by atoms with Gasteiger partial charge in [-0.3, -0.25) is 24.1 Å². The van der Waals surface area contributed by atoms with E-state index in [4.69, 9.17) is 10.2 Å². The minimum Gasteiger partial charge on any atom is -0.481 e. The summed E-state index contributed by atoms with van der Waals surface area (Å²) in [7, 11) is 1.70. The Kier molecular flexibility index (Phi) is 16.2. The number of aliphatic carboxylic acids is 1. The highest BCUT2D eigenvalue weighted by atomic mass is 32.1. The van der Waals surface area contributed by atoms with E-state index in [0.717, 1.165) is 72.9 Å². The molecule has 1 aromatic heterocycles. The lowest BCUT2D eigenvalue weighted by Crippen LogP contribution is -2.41. The average molecular weight is 809 g/mol. The summed E-state index contributed by atoms with van der Waals surface area (Å²) in [5.41, 5.74) is 4.91. The normalized spacial score (nSPS) is 13.1. The van der Waals surface area contributed by atoms with E-state index in [9.17, 15) is 24.0 Å². The van der Waals surface area contributed by atoms with E-state index in [1.54, 1.807) is 30.1 Å². The number of nitrogens with one attached hydrogen (secondary N) is 2. The molecule has 12 heteroatoms. The van der Waals surface area contributed by atoms with Crippen molar-refractivity contribution in [3.8, 4) is 0 Å². The molecule has 1 heterocycles. The molecule has 3 amide bonds. The number of likely N-dealkylation sites (N-methyl/N-ethyl adjacent to an activating group) is 1. The largest absolute Gasteiger partial charge is 0.481 e. The maximum atomic E-state index is 13.9. The number of carbonyl (C=O) groups excluding carboxylic acids is 3. The second-order valence-corrected chi connectivity index (χ2v) is 16.3. The van der Waals surface area contributed by atoms with Crippen LogP contribution in [0.1, 0.15) is 130 Å². The summed E-state index contributed by atoms with van der Waals surface area (Å²) in [6, 6.07) is 24.3. The Morgan fingerprint density at radius 1 is 0.741 bits per heavy atom. The molecule has 0 radical (unpaired) electrons. The molecule has 4 N–H and O–H groups in total. The van der Waals surface area contributed by atoms with Crippen LogP contribution < -0.4 is 10.6 Å². The van der Waals surface area contributed by atoms with Crippen molar-refractivity contribution in [1.29, 1.82) is 0 Å². The lowest BCUT2D eigenvalue weighted by atomic mass is 9.88. The Labute approximate surface area is 345 Å². The van der Waals surface area contributed by atoms with Crippen molar-refractivity contribution in [2.75, 3.05) is 30.8 Å². The predicted molar refractivity (Wildman–Crippen MR) is 229 cm³/mol. The molecule has 0 aliphatic heterocycles. The third-order valence-electron chi connectivity index (χ3n) is 11.1. The van der Waals surface area contributed by atoms with Crippen LogP contribution in [0.3, 0.4) is 0 Å². The number of hydrogen-bond donors (Lipinski definition) is 4. The first-order valence-electron chi connectivity index (χ1n) is 20.4. The van der Waals surface area contributed by atoms with E-state index in [2.05, 4.69) is 29.4 Å². The number of thiophene rings is 1. The van der Waals surface area contributed by atoms with Gasteiger partial charge in [-0.2, -0.15) is 0 Å². The summed E-state index contributed by atoms with van der Waals surface area (Å²) in [4.78, 5) is 67.4. The summed E-state index contributed by atoms with van der Waals surface area (Å²) in [5, 5.41) is 24.8. The van der Waals surface area contributed by atoms with E-state index in [0.29, 0.717) is 47.4 Å². The standard InChI is InChI=1S/C46H56N4O7S/c1-4-38(5-2)50(27-26-49(3)41(51)24-25-42(52)53)30-33-10-9-13-36(28-33)43(54)48-45-39(29-40(58-45)34-11-7-6-8-12-34)44(55)47-37-22-18-32(19-23-37)15-14-31-16-20-35(21-17-31)46(56)57/h9-10,13,16-23,28-29,34,38H,4-8,11-12,14-15,24-27,30H2,1-3H3,(H,47,55)(H,48,54)(H,52,53)(H,56,57). The third-order valence-corrected chi connectivity index (χ3v) is 12.3. The molecular weight excluding hydrogens is 753 g/mol. The van der Waals surface area contributed by atoms with Gasteiger partial charge in [0.15, 0.2) is 0 Å². The van der Waals surface area contributed by atoms with Crippen molar-refractivity contribution >= 4 is 51.7 Å². The van der Waals surface area contributed by atoms with Crippen LogP contribution in [0, 0.1) is 0 Å². The quantitative estimate of drug-likeness (QED) is 0.0689. The van der Waals surface area contributed by atoms with Crippen molar-refractivity contribution in [2.45, 2.75) is 103 Å². The van der Waals surface area contributed by atoms with Crippen LogP contribution in [0.2, 0.25) is 0 Å². The van der Waals surface area contributed by atoms with Crippen LogP contribution in [0.5, 0.6) is 0 Å². The molecule has 3 aromatic carbocycles. The molecule has 0 unspecified atom stereocenters. The number of benzene rings is 3. The Hall–Kier alpha value is -5.33. The van der Waals surface area contributed by atoms with Crippen molar-refractivity contribution in [3.63, 3.8) is 0 Å². The molecule has 1 aliphatic rings. The molecule has 308 valence electrons. The molecule has 1 aliphatic carbocycles. The van der Waals surface area contributed by atoms with E-state index < -0.39 is 11.9 Å². The number of nitrogens with zero attached hydrogens (tertiary/aromatic N) is 2. The first kappa shape index (κ1) is 43.8. The summed E-state index contributed by atoms with van der Waals surface area (Å²) < 4.78 is 0. The number of aryl methyl sites for hydroxylation is 2. The molecule has 0 atom stereocenters. The summed E-state index contributed by atoms with van der Waals surface area (Å²) in [6.45, 7) is 5.89. The Morgan fingerprint density at radius 2 is 1.40 bits per heavy atom. The second-order valence-electron chi connectivity index (χ2n) is 15.2. The van der Waals surface area contributed by atoms with Gasteiger partial charge in [-0.05, 0) is 104 Å². The zero-order valence-corrected chi connectivity index (χ0v) is 34.6. The number of carbonyl (C=O) groups is 5. The molecule has 0 bridgehead atoms. The van der Waals surface area contributed by atoms with Crippen LogP contribution >= 0.6 is 11.3 Å². The maximum Gasteiger partial charge on any atom is 0.335 e. The van der Waals surface area contributed by atoms with Crippen LogP contribution in [-0.2, 0) is 29.0 Å². The van der Waals surface area contributed by atoms with Crippen LogP contribution in [0.4, 0.5) is 10.7 Å². The molecule has 1 saturated carbocycles. The molecular formula is C46H56N4O7S. The van der Waals surface area contributed by atoms with Gasteiger partial charge in [-0.25, -0.2) is 4.79 Å². The average Bonchev–Trinajstić information content (AvgIpc) is 3.66. The third kappa shape index (κ3) is 12.6. The molecule has 0 saturated heterocycles. The number of carboxylic acid groups (broad SMARTS) is 2. The van der Waals surface area contributed by atoms with Crippen molar-refractivity contribution < 1.29 is 34.2 Å². The van der Waals surface area contributed by atoms with Gasteiger partial charge in [0.25, 0.3) is 11.8 Å². The molecule has 58 heavy (non-hydrogen) atoms. The van der Waals surface area contributed by atoms with Gasteiger partial charge in [0, 0.05) is 55.3 Å². The van der Waals surface area contributed by atoms with Gasteiger partial charge in [0.05, 0.1) is 17.5 Å². The molecule has 5 rings (SSSR count). The molecule has 1 fully saturated rings. The van der Waals surface area contributed by atoms with Gasteiger partial charge in [0.1, 0.15) is 5.00 Å². The zero-order chi connectivity index (χ0) is 41.6. The minimum atomic E-state index is -0.993. The van der Waals surface area contributed by atoms with E-state index in [-0.39, 0.29) is 42.2 Å².